The van der Waals surface area contributed by atoms with Crippen molar-refractivity contribution in [1.82, 2.24) is 10.6 Å². The topological polar surface area (TPSA) is 44.3 Å². The van der Waals surface area contributed by atoms with Crippen LogP contribution in [-0.4, -0.2) is 31.8 Å². The van der Waals surface area contributed by atoms with Gasteiger partial charge < -0.3 is 15.7 Å². The molecule has 3 nitrogen and oxygen atoms in total. The fourth-order valence-electron chi connectivity index (χ4n) is 2.49. The minimum Gasteiger partial charge on any atom is -0.387 e. The van der Waals surface area contributed by atoms with Crippen LogP contribution in [0.15, 0.2) is 24.3 Å². The van der Waals surface area contributed by atoms with Crippen LogP contribution in [0.5, 0.6) is 0 Å². The van der Waals surface area contributed by atoms with Crippen LogP contribution in [0, 0.1) is 0 Å². The van der Waals surface area contributed by atoms with Gasteiger partial charge in [-0.1, -0.05) is 24.3 Å². The van der Waals surface area contributed by atoms with Gasteiger partial charge in [0.2, 0.25) is 0 Å². The van der Waals surface area contributed by atoms with Crippen molar-refractivity contribution >= 4 is 0 Å². The molecule has 0 spiro atoms. The Morgan fingerprint density at radius 3 is 2.88 bits per heavy atom. The Labute approximate surface area is 103 Å². The SMILES string of the molecule is CNCC(O)c1cccc(C2CCNCC2)c1. The van der Waals surface area contributed by atoms with Gasteiger partial charge in [0.05, 0.1) is 6.10 Å². The number of benzene rings is 1. The number of aliphatic hydroxyl groups is 1. The van der Waals surface area contributed by atoms with Crippen LogP contribution in [0.2, 0.25) is 0 Å². The normalized spacial score (nSPS) is 19.2. The Morgan fingerprint density at radius 1 is 1.41 bits per heavy atom. The fraction of sp³-hybridized carbons (Fsp3) is 0.571. The lowest BCUT2D eigenvalue weighted by Gasteiger charge is -2.24. The second-order valence-corrected chi connectivity index (χ2v) is 4.77. The minimum atomic E-state index is -0.401. The molecule has 1 atom stereocenters. The molecular formula is C14H22N2O. The third kappa shape index (κ3) is 3.28. The van der Waals surface area contributed by atoms with Gasteiger partial charge in [-0.25, -0.2) is 0 Å². The molecule has 1 aromatic rings. The van der Waals surface area contributed by atoms with E-state index in [4.69, 9.17) is 0 Å². The molecule has 1 aliphatic rings. The molecule has 3 N–H and O–H groups in total. The number of rotatable bonds is 4. The van der Waals surface area contributed by atoms with E-state index < -0.39 is 6.10 Å². The molecule has 1 heterocycles. The molecule has 1 saturated heterocycles. The number of aliphatic hydroxyl groups excluding tert-OH is 1. The lowest BCUT2D eigenvalue weighted by atomic mass is 9.89. The van der Waals surface area contributed by atoms with Crippen molar-refractivity contribution in [3.05, 3.63) is 35.4 Å². The maximum absolute atomic E-state index is 9.97. The molecule has 0 aliphatic carbocycles. The molecule has 1 fully saturated rings. The van der Waals surface area contributed by atoms with Crippen molar-refractivity contribution < 1.29 is 5.11 Å². The Kier molecular flexibility index (Phi) is 4.54. The number of hydrogen-bond acceptors (Lipinski definition) is 3. The largest absolute Gasteiger partial charge is 0.387 e. The summed E-state index contributed by atoms with van der Waals surface area (Å²) in [4.78, 5) is 0. The molecule has 0 radical (unpaired) electrons. The van der Waals surface area contributed by atoms with Gasteiger partial charge in [0.15, 0.2) is 0 Å². The van der Waals surface area contributed by atoms with Gasteiger partial charge in [-0.15, -0.1) is 0 Å². The van der Waals surface area contributed by atoms with Gasteiger partial charge in [0.1, 0.15) is 0 Å². The monoisotopic (exact) mass is 234 g/mol. The van der Waals surface area contributed by atoms with Crippen LogP contribution in [0.1, 0.15) is 36.0 Å². The van der Waals surface area contributed by atoms with E-state index in [1.165, 1.54) is 18.4 Å². The zero-order valence-electron chi connectivity index (χ0n) is 10.4. The van der Waals surface area contributed by atoms with E-state index in [-0.39, 0.29) is 0 Å². The van der Waals surface area contributed by atoms with Crippen molar-refractivity contribution in [2.45, 2.75) is 24.9 Å². The molecule has 2 rings (SSSR count). The fourth-order valence-corrected chi connectivity index (χ4v) is 2.49. The number of likely N-dealkylation sites (N-methyl/N-ethyl adjacent to an activating group) is 1. The van der Waals surface area contributed by atoms with E-state index in [2.05, 4.69) is 28.8 Å². The summed E-state index contributed by atoms with van der Waals surface area (Å²) >= 11 is 0. The number of hydrogen-bond donors (Lipinski definition) is 3. The average molecular weight is 234 g/mol. The highest BCUT2D eigenvalue weighted by atomic mass is 16.3. The summed E-state index contributed by atoms with van der Waals surface area (Å²) < 4.78 is 0. The quantitative estimate of drug-likeness (QED) is 0.738. The van der Waals surface area contributed by atoms with Gasteiger partial charge in [-0.2, -0.15) is 0 Å². The lowest BCUT2D eigenvalue weighted by Crippen LogP contribution is -2.26. The first-order valence-electron chi connectivity index (χ1n) is 6.44. The predicted octanol–water partition coefficient (Wildman–Crippen LogP) is 1.41. The van der Waals surface area contributed by atoms with Gasteiger partial charge in [-0.05, 0) is 50.0 Å². The van der Waals surface area contributed by atoms with E-state index >= 15 is 0 Å². The first-order chi connectivity index (χ1) is 8.31. The highest BCUT2D eigenvalue weighted by Crippen LogP contribution is 2.27. The Balaban J connectivity index is 2.09. The van der Waals surface area contributed by atoms with E-state index in [1.54, 1.807) is 0 Å². The molecule has 1 unspecified atom stereocenters. The van der Waals surface area contributed by atoms with Crippen molar-refractivity contribution in [3.63, 3.8) is 0 Å². The Bertz CT molecular complexity index is 348. The summed E-state index contributed by atoms with van der Waals surface area (Å²) in [5.41, 5.74) is 2.40. The second-order valence-electron chi connectivity index (χ2n) is 4.77. The maximum Gasteiger partial charge on any atom is 0.0914 e. The highest BCUT2D eigenvalue weighted by molar-refractivity contribution is 5.28. The molecule has 0 bridgehead atoms. The number of piperidine rings is 1. The maximum atomic E-state index is 9.97. The molecule has 1 aromatic carbocycles. The molecule has 0 amide bonds. The molecule has 0 aromatic heterocycles. The van der Waals surface area contributed by atoms with E-state index in [1.807, 2.05) is 13.1 Å². The summed E-state index contributed by atoms with van der Waals surface area (Å²) in [6.07, 6.45) is 2.00. The third-order valence-electron chi connectivity index (χ3n) is 3.50. The molecule has 1 aliphatic heterocycles. The lowest BCUT2D eigenvalue weighted by molar-refractivity contribution is 0.177. The van der Waals surface area contributed by atoms with Gasteiger partial charge in [0.25, 0.3) is 0 Å². The summed E-state index contributed by atoms with van der Waals surface area (Å²) in [5.74, 6) is 0.651. The zero-order valence-corrected chi connectivity index (χ0v) is 10.4. The zero-order chi connectivity index (χ0) is 12.1. The van der Waals surface area contributed by atoms with Crippen LogP contribution in [0.3, 0.4) is 0 Å². The summed E-state index contributed by atoms with van der Waals surface area (Å²) in [7, 11) is 1.86. The van der Waals surface area contributed by atoms with Crippen molar-refractivity contribution in [2.24, 2.45) is 0 Å². The molecular weight excluding hydrogens is 212 g/mol. The van der Waals surface area contributed by atoms with Gasteiger partial charge >= 0.3 is 0 Å². The van der Waals surface area contributed by atoms with Gasteiger partial charge in [0, 0.05) is 6.54 Å². The molecule has 94 valence electrons. The molecule has 0 saturated carbocycles. The first kappa shape index (κ1) is 12.6. The Hall–Kier alpha value is -0.900. The standard InChI is InChI=1S/C14H22N2O/c1-15-10-14(17)13-4-2-3-12(9-13)11-5-7-16-8-6-11/h2-4,9,11,14-17H,5-8,10H2,1H3. The summed E-state index contributed by atoms with van der Waals surface area (Å²) in [5, 5.41) is 16.4. The minimum absolute atomic E-state index is 0.401. The van der Waals surface area contributed by atoms with Crippen LogP contribution in [-0.2, 0) is 0 Å². The molecule has 3 heteroatoms. The average Bonchev–Trinajstić information content (AvgIpc) is 2.40. The van der Waals surface area contributed by atoms with Crippen LogP contribution < -0.4 is 10.6 Å². The summed E-state index contributed by atoms with van der Waals surface area (Å²) in [6.45, 7) is 2.82. The highest BCUT2D eigenvalue weighted by Gasteiger charge is 2.16. The van der Waals surface area contributed by atoms with Crippen LogP contribution in [0.4, 0.5) is 0 Å². The first-order valence-corrected chi connectivity index (χ1v) is 6.44. The van der Waals surface area contributed by atoms with Crippen molar-refractivity contribution in [2.75, 3.05) is 26.7 Å². The Morgan fingerprint density at radius 2 is 2.18 bits per heavy atom. The number of nitrogens with one attached hydrogen (secondary N) is 2. The van der Waals surface area contributed by atoms with Crippen molar-refractivity contribution in [1.29, 1.82) is 0 Å². The summed E-state index contributed by atoms with van der Waals surface area (Å²) in [6, 6.07) is 8.42. The van der Waals surface area contributed by atoms with E-state index in [0.717, 1.165) is 18.7 Å². The van der Waals surface area contributed by atoms with Crippen LogP contribution in [0.25, 0.3) is 0 Å². The van der Waals surface area contributed by atoms with E-state index in [0.29, 0.717) is 12.5 Å². The third-order valence-corrected chi connectivity index (χ3v) is 3.50. The van der Waals surface area contributed by atoms with E-state index in [9.17, 15) is 5.11 Å². The van der Waals surface area contributed by atoms with Crippen molar-refractivity contribution in [3.8, 4) is 0 Å². The van der Waals surface area contributed by atoms with Gasteiger partial charge in [-0.3, -0.25) is 0 Å². The predicted molar refractivity (Wildman–Crippen MR) is 70.2 cm³/mol. The molecule has 17 heavy (non-hydrogen) atoms. The smallest absolute Gasteiger partial charge is 0.0914 e. The second kappa shape index (κ2) is 6.15. The van der Waals surface area contributed by atoms with Crippen LogP contribution >= 0.6 is 0 Å².